The quantitative estimate of drug-likeness (QED) is 0.0978. The summed E-state index contributed by atoms with van der Waals surface area (Å²) in [5.74, 6) is 0.411. The zero-order valence-electron chi connectivity index (χ0n) is 38.5. The molecule has 2 amide bonds. The Bertz CT molecular complexity index is 3160. The summed E-state index contributed by atoms with van der Waals surface area (Å²) in [6, 6.07) is 39.3. The van der Waals surface area contributed by atoms with Crippen LogP contribution in [-0.4, -0.2) is 94.5 Å². The summed E-state index contributed by atoms with van der Waals surface area (Å²) in [4.78, 5) is 45.9. The van der Waals surface area contributed by atoms with Crippen LogP contribution in [0, 0.1) is 0 Å². The molecule has 2 aliphatic rings. The maximum atomic E-state index is 12.9. The monoisotopic (exact) mass is 901 g/mol. The first-order valence-corrected chi connectivity index (χ1v) is 23.2. The van der Waals surface area contributed by atoms with Gasteiger partial charge in [0.1, 0.15) is 17.0 Å². The van der Waals surface area contributed by atoms with Crippen molar-refractivity contribution < 1.29 is 14.3 Å². The van der Waals surface area contributed by atoms with Crippen molar-refractivity contribution in [2.24, 2.45) is 0 Å². The number of aromatic amines is 1. The van der Waals surface area contributed by atoms with Gasteiger partial charge in [0, 0.05) is 83.6 Å². The number of piperazine rings is 1. The number of amides is 2. The lowest BCUT2D eigenvalue weighted by Gasteiger charge is -2.34. The van der Waals surface area contributed by atoms with Crippen LogP contribution >= 0.6 is 0 Å². The first-order chi connectivity index (χ1) is 33.2. The van der Waals surface area contributed by atoms with E-state index < -0.39 is 0 Å². The second-order valence-corrected chi connectivity index (χ2v) is 17.8. The van der Waals surface area contributed by atoms with E-state index in [0.717, 1.165) is 119 Å². The number of aromatic nitrogens is 4. The van der Waals surface area contributed by atoms with Gasteiger partial charge in [-0.3, -0.25) is 14.2 Å². The number of benzene rings is 4. The number of ether oxygens (including phenoxy) is 1. The zero-order valence-corrected chi connectivity index (χ0v) is 38.5. The molecule has 3 N–H and O–H groups in total. The van der Waals surface area contributed by atoms with E-state index in [1.165, 1.54) is 23.4 Å². The Hall–Kier alpha value is -7.80. The van der Waals surface area contributed by atoms with E-state index in [4.69, 9.17) is 14.7 Å². The number of rotatable bonds is 13. The number of carbonyl (C=O) groups excluding carboxylic acids is 2. The van der Waals surface area contributed by atoms with Crippen LogP contribution in [0.25, 0.3) is 66.8 Å². The normalized spacial score (nSPS) is 14.8. The van der Waals surface area contributed by atoms with E-state index in [0.29, 0.717) is 23.0 Å². The maximum Gasteiger partial charge on any atom is 0.247 e. The minimum atomic E-state index is -0.337. The highest BCUT2D eigenvalue weighted by Gasteiger charge is 2.25. The molecule has 0 aliphatic carbocycles. The minimum Gasteiger partial charge on any atom is -0.473 e. The second kappa shape index (κ2) is 19.2. The minimum absolute atomic E-state index is 0.0841. The van der Waals surface area contributed by atoms with Crippen molar-refractivity contribution in [1.29, 1.82) is 0 Å². The predicted molar refractivity (Wildman–Crippen MR) is 275 cm³/mol. The fourth-order valence-electron chi connectivity index (χ4n) is 9.77. The molecule has 10 rings (SSSR count). The highest BCUT2D eigenvalue weighted by atomic mass is 16.5. The molecule has 0 unspecified atom stereocenters. The molecule has 2 aliphatic heterocycles. The highest BCUT2D eigenvalue weighted by Crippen LogP contribution is 2.44. The fraction of sp³-hybridized carbons (Fsp3) is 0.214. The van der Waals surface area contributed by atoms with Crippen molar-refractivity contribution in [2.75, 3.05) is 68.9 Å². The average Bonchev–Trinajstić information content (AvgIpc) is 3.93. The standard InChI is InChI=1S/C56H55N9O3/c1-5-49(66)59-43-11-7-10-41(32-43)52-48-13-9-25-58-56(48)65(54(52)40-16-14-37(15-17-40)38-22-26-62(3)27-23-38)36-68-46-34-42(33-44(35-46)60-50(67)6-2)51-47-12-8-24-57-55(47)61-53(51)39-18-20-45(21-19-39)64-30-28-63(4)29-31-64/h5-21,24-25,32-35,38H,1-2,22-23,26-31,36H2,3-4H3,(H,57,61)(H,59,66)(H,60,67). The summed E-state index contributed by atoms with van der Waals surface area (Å²) >= 11 is 0. The van der Waals surface area contributed by atoms with Crippen LogP contribution in [0.1, 0.15) is 24.3 Å². The van der Waals surface area contributed by atoms with Crippen molar-refractivity contribution >= 4 is 50.9 Å². The molecule has 2 fully saturated rings. The number of piperidine rings is 1. The summed E-state index contributed by atoms with van der Waals surface area (Å²) in [6.45, 7) is 13.6. The lowest BCUT2D eigenvalue weighted by atomic mass is 9.88. The number of hydrogen-bond donors (Lipinski definition) is 3. The first-order valence-electron chi connectivity index (χ1n) is 23.2. The SMILES string of the molecule is C=CC(=O)Nc1cc(OCn2c(-c3ccc(C4CCN(C)CC4)cc3)c(-c3cccc(NC(=O)C=C)c3)c3cccnc32)cc(-c2c(-c3ccc(N4CCN(C)CC4)cc3)[nH]c3ncccc23)c1. The zero-order chi connectivity index (χ0) is 46.7. The van der Waals surface area contributed by atoms with Gasteiger partial charge >= 0.3 is 0 Å². The van der Waals surface area contributed by atoms with E-state index in [9.17, 15) is 9.59 Å². The van der Waals surface area contributed by atoms with Crippen LogP contribution in [0.4, 0.5) is 17.1 Å². The van der Waals surface area contributed by atoms with Gasteiger partial charge in [0.25, 0.3) is 0 Å². The molecule has 0 spiro atoms. The molecule has 6 heterocycles. The average molecular weight is 902 g/mol. The van der Waals surface area contributed by atoms with Gasteiger partial charge in [-0.15, -0.1) is 0 Å². The van der Waals surface area contributed by atoms with Gasteiger partial charge in [-0.1, -0.05) is 61.7 Å². The lowest BCUT2D eigenvalue weighted by molar-refractivity contribution is -0.112. The highest BCUT2D eigenvalue weighted by molar-refractivity contribution is 6.06. The van der Waals surface area contributed by atoms with Crippen molar-refractivity contribution in [3.63, 3.8) is 0 Å². The van der Waals surface area contributed by atoms with E-state index in [2.05, 4.69) is 129 Å². The van der Waals surface area contributed by atoms with Gasteiger partial charge in [0.2, 0.25) is 11.8 Å². The Morgan fingerprint density at radius 1 is 0.676 bits per heavy atom. The van der Waals surface area contributed by atoms with Crippen LogP contribution in [0.2, 0.25) is 0 Å². The number of pyridine rings is 2. The summed E-state index contributed by atoms with van der Waals surface area (Å²) in [6.07, 6.45) is 8.35. The molecular formula is C56H55N9O3. The van der Waals surface area contributed by atoms with Gasteiger partial charge < -0.3 is 35.1 Å². The van der Waals surface area contributed by atoms with Crippen molar-refractivity contribution in [1.82, 2.24) is 29.3 Å². The Kier molecular flexibility index (Phi) is 12.4. The number of H-pyrrole nitrogens is 1. The van der Waals surface area contributed by atoms with E-state index >= 15 is 0 Å². The van der Waals surface area contributed by atoms with E-state index in [-0.39, 0.29) is 18.5 Å². The predicted octanol–water partition coefficient (Wildman–Crippen LogP) is 10.4. The molecular weight excluding hydrogens is 847 g/mol. The number of nitrogens with zero attached hydrogens (tertiary/aromatic N) is 6. The Morgan fingerprint density at radius 2 is 1.34 bits per heavy atom. The third-order valence-corrected chi connectivity index (χ3v) is 13.4. The number of likely N-dealkylation sites (N-methyl/N-ethyl adjacent to an activating group) is 1. The Morgan fingerprint density at radius 3 is 2.07 bits per heavy atom. The number of nitrogens with one attached hydrogen (secondary N) is 3. The third-order valence-electron chi connectivity index (χ3n) is 13.4. The molecule has 8 aromatic rings. The van der Waals surface area contributed by atoms with Crippen LogP contribution in [0.3, 0.4) is 0 Å². The summed E-state index contributed by atoms with van der Waals surface area (Å²) in [5.41, 5.74) is 12.7. The second-order valence-electron chi connectivity index (χ2n) is 17.8. The number of fused-ring (bicyclic) bond motifs is 2. The van der Waals surface area contributed by atoms with Gasteiger partial charge in [-0.2, -0.15) is 0 Å². The van der Waals surface area contributed by atoms with E-state index in [1.807, 2.05) is 48.5 Å². The van der Waals surface area contributed by atoms with Gasteiger partial charge in [0.15, 0.2) is 6.73 Å². The molecule has 0 saturated carbocycles. The van der Waals surface area contributed by atoms with Gasteiger partial charge in [-0.25, -0.2) is 9.97 Å². The number of hydrogen-bond acceptors (Lipinski definition) is 8. The molecule has 4 aromatic heterocycles. The molecule has 0 bridgehead atoms. The van der Waals surface area contributed by atoms with Gasteiger partial charge in [-0.05, 0) is 147 Å². The summed E-state index contributed by atoms with van der Waals surface area (Å²) in [7, 11) is 4.35. The largest absolute Gasteiger partial charge is 0.473 e. The molecule has 12 heteroatoms. The van der Waals surface area contributed by atoms with Crippen molar-refractivity contribution in [3.05, 3.63) is 159 Å². The van der Waals surface area contributed by atoms with Gasteiger partial charge in [0.05, 0.1) is 11.4 Å². The van der Waals surface area contributed by atoms with Crippen LogP contribution in [0.5, 0.6) is 5.75 Å². The fourth-order valence-corrected chi connectivity index (χ4v) is 9.77. The van der Waals surface area contributed by atoms with Crippen LogP contribution < -0.4 is 20.3 Å². The summed E-state index contributed by atoms with van der Waals surface area (Å²) < 4.78 is 9.03. The van der Waals surface area contributed by atoms with Crippen molar-refractivity contribution in [3.8, 4) is 50.5 Å². The van der Waals surface area contributed by atoms with Crippen molar-refractivity contribution in [2.45, 2.75) is 25.5 Å². The van der Waals surface area contributed by atoms with Crippen LogP contribution in [0.15, 0.2) is 153 Å². The topological polar surface area (TPSA) is 124 Å². The Labute approximate surface area is 396 Å². The molecule has 68 heavy (non-hydrogen) atoms. The molecule has 12 nitrogen and oxygen atoms in total. The number of anilines is 3. The first kappa shape index (κ1) is 44.1. The molecule has 2 saturated heterocycles. The molecule has 4 aromatic carbocycles. The molecule has 342 valence electrons. The number of carbonyl (C=O) groups is 2. The smallest absolute Gasteiger partial charge is 0.247 e. The maximum absolute atomic E-state index is 12.9. The lowest BCUT2D eigenvalue weighted by Crippen LogP contribution is -2.44. The third kappa shape index (κ3) is 9.03. The van der Waals surface area contributed by atoms with Crippen LogP contribution in [-0.2, 0) is 16.3 Å². The Balaban J connectivity index is 1.07. The molecule has 0 radical (unpaired) electrons. The summed E-state index contributed by atoms with van der Waals surface area (Å²) in [5, 5.41) is 7.81. The van der Waals surface area contributed by atoms with E-state index in [1.54, 1.807) is 12.4 Å². The molecule has 0 atom stereocenters. The number of likely N-dealkylation sites (tertiary alicyclic amines) is 1.